The molecule has 194 valence electrons. The molecule has 2 heterocycles. The van der Waals surface area contributed by atoms with Crippen molar-refractivity contribution in [2.75, 3.05) is 51.3 Å². The van der Waals surface area contributed by atoms with Gasteiger partial charge in [-0.1, -0.05) is 33.3 Å². The van der Waals surface area contributed by atoms with Gasteiger partial charge in [0, 0.05) is 35.8 Å². The molecule has 0 aliphatic heterocycles. The minimum absolute atomic E-state index is 0.353. The maximum absolute atomic E-state index is 12.3. The molecule has 0 saturated heterocycles. The van der Waals surface area contributed by atoms with Crippen LogP contribution in [0, 0.1) is 0 Å². The van der Waals surface area contributed by atoms with Crippen LogP contribution in [0.2, 0.25) is 0 Å². The summed E-state index contributed by atoms with van der Waals surface area (Å²) < 4.78 is 23.4. The summed E-state index contributed by atoms with van der Waals surface area (Å²) in [6.07, 6.45) is 1.47. The molecule has 0 unspecified atom stereocenters. The van der Waals surface area contributed by atoms with Gasteiger partial charge in [-0.3, -0.25) is 5.32 Å². The summed E-state index contributed by atoms with van der Waals surface area (Å²) in [6, 6.07) is 10.5. The van der Waals surface area contributed by atoms with E-state index in [1.54, 1.807) is 32.4 Å². The van der Waals surface area contributed by atoms with E-state index in [-0.39, 0.29) is 0 Å². The summed E-state index contributed by atoms with van der Waals surface area (Å²) in [6.45, 7) is 1.59. The second-order valence-corrected chi connectivity index (χ2v) is 10.4. The second kappa shape index (κ2) is 13.5. The number of benzene rings is 2. The Morgan fingerprint density at radius 2 is 1.73 bits per heavy atom. The van der Waals surface area contributed by atoms with Crippen LogP contribution in [-0.4, -0.2) is 66.8 Å². The fourth-order valence-corrected chi connectivity index (χ4v) is 5.16. The first-order chi connectivity index (χ1) is 18.1. The van der Waals surface area contributed by atoms with Crippen LogP contribution in [-0.2, 0) is 9.47 Å². The molecule has 0 spiro atoms. The maximum Gasteiger partial charge on any atom is 0.325 e. The number of urea groups is 1. The number of fused-ring (bicyclic) bond motifs is 1. The third-order valence-electron chi connectivity index (χ3n) is 4.65. The monoisotopic (exact) mass is 606 g/mol. The van der Waals surface area contributed by atoms with Crippen LogP contribution in [0.3, 0.4) is 0 Å². The van der Waals surface area contributed by atoms with Gasteiger partial charge >= 0.3 is 6.03 Å². The lowest BCUT2D eigenvalue weighted by Crippen LogP contribution is -2.19. The Morgan fingerprint density at radius 1 is 0.973 bits per heavy atom. The van der Waals surface area contributed by atoms with Gasteiger partial charge in [0.2, 0.25) is 5.13 Å². The Kier molecular flexibility index (Phi) is 9.85. The molecule has 0 radical (unpaired) electrons. The number of nitrogens with zero attached hydrogens (tertiary/aromatic N) is 4. The molecule has 4 aromatic rings. The molecule has 4 rings (SSSR count). The van der Waals surface area contributed by atoms with Gasteiger partial charge in [0.15, 0.2) is 15.8 Å². The Labute approximate surface area is 229 Å². The van der Waals surface area contributed by atoms with Gasteiger partial charge in [-0.25, -0.2) is 14.8 Å². The summed E-state index contributed by atoms with van der Waals surface area (Å²) in [7, 11) is 3.22. The van der Waals surface area contributed by atoms with Gasteiger partial charge in [0.05, 0.1) is 18.7 Å². The van der Waals surface area contributed by atoms with Crippen LogP contribution < -0.4 is 20.1 Å². The van der Waals surface area contributed by atoms with Gasteiger partial charge in [-0.15, -0.1) is 10.2 Å². The Hall–Kier alpha value is -3.04. The van der Waals surface area contributed by atoms with Crippen molar-refractivity contribution in [2.45, 2.75) is 9.37 Å². The zero-order chi connectivity index (χ0) is 26.0. The standard InChI is InChI=1S/C23H23BrN6O5S2/c1-32-6-8-34-18-11-16-17(12-19(18)35-9-7-33-2)25-13-26-20(16)36-23-30-29-22(37-23)28-21(31)27-15-5-3-4-14(24)10-15/h3-5,10-13H,6-9H2,1-2H3,(H2,27,28,29,31). The van der Waals surface area contributed by atoms with Gasteiger partial charge in [0.25, 0.3) is 0 Å². The first kappa shape index (κ1) is 27.0. The lowest BCUT2D eigenvalue weighted by atomic mass is 10.2. The molecule has 0 saturated carbocycles. The number of halogens is 1. The highest BCUT2D eigenvalue weighted by Crippen LogP contribution is 2.38. The van der Waals surface area contributed by atoms with E-state index in [0.29, 0.717) is 63.6 Å². The van der Waals surface area contributed by atoms with Crippen LogP contribution in [0.4, 0.5) is 15.6 Å². The molecule has 11 nitrogen and oxygen atoms in total. The number of nitrogens with one attached hydrogen (secondary N) is 2. The molecule has 0 aliphatic carbocycles. The number of methoxy groups -OCH3 is 2. The molecule has 2 amide bonds. The molecule has 37 heavy (non-hydrogen) atoms. The Balaban J connectivity index is 1.50. The second-order valence-electron chi connectivity index (χ2n) is 7.24. The summed E-state index contributed by atoms with van der Waals surface area (Å²) in [5.41, 5.74) is 1.33. The number of rotatable bonds is 12. The van der Waals surface area contributed by atoms with Gasteiger partial charge in [-0.05, 0) is 36.0 Å². The molecule has 0 bridgehead atoms. The van der Waals surface area contributed by atoms with Crippen molar-refractivity contribution in [3.05, 3.63) is 47.2 Å². The van der Waals surface area contributed by atoms with Crippen LogP contribution in [0.15, 0.2) is 56.6 Å². The summed E-state index contributed by atoms with van der Waals surface area (Å²) in [5, 5.41) is 15.5. The number of hydrogen-bond acceptors (Lipinski definition) is 11. The molecule has 0 atom stereocenters. The van der Waals surface area contributed by atoms with Crippen LogP contribution in [0.5, 0.6) is 11.5 Å². The quantitative estimate of drug-likeness (QED) is 0.128. The molecule has 14 heteroatoms. The first-order valence-electron chi connectivity index (χ1n) is 10.9. The summed E-state index contributed by atoms with van der Waals surface area (Å²) in [5.74, 6) is 1.09. The number of aromatic nitrogens is 4. The minimum Gasteiger partial charge on any atom is -0.487 e. The molecule has 0 fully saturated rings. The van der Waals surface area contributed by atoms with Crippen molar-refractivity contribution in [1.82, 2.24) is 20.2 Å². The molecule has 2 aromatic heterocycles. The highest BCUT2D eigenvalue weighted by Gasteiger charge is 2.16. The van der Waals surface area contributed by atoms with Crippen molar-refractivity contribution in [2.24, 2.45) is 0 Å². The van der Waals surface area contributed by atoms with Crippen molar-refractivity contribution in [3.63, 3.8) is 0 Å². The third kappa shape index (κ3) is 7.72. The average Bonchev–Trinajstić information content (AvgIpc) is 3.31. The van der Waals surface area contributed by atoms with Crippen molar-refractivity contribution in [1.29, 1.82) is 0 Å². The Bertz CT molecular complexity index is 1360. The lowest BCUT2D eigenvalue weighted by molar-refractivity contribution is 0.132. The molecular formula is C23H23BrN6O5S2. The van der Waals surface area contributed by atoms with Gasteiger partial charge < -0.3 is 24.3 Å². The van der Waals surface area contributed by atoms with Gasteiger partial charge in [-0.2, -0.15) is 0 Å². The Morgan fingerprint density at radius 3 is 2.46 bits per heavy atom. The zero-order valence-corrected chi connectivity index (χ0v) is 23.1. The fourth-order valence-electron chi connectivity index (χ4n) is 3.03. The first-order valence-corrected chi connectivity index (χ1v) is 13.4. The van der Waals surface area contributed by atoms with Crippen LogP contribution >= 0.6 is 39.0 Å². The SMILES string of the molecule is COCCOc1cc2ncnc(Sc3nnc(NC(=O)Nc4cccc(Br)c4)s3)c2cc1OCCOC. The molecule has 2 N–H and O–H groups in total. The van der Waals surface area contributed by atoms with Gasteiger partial charge in [0.1, 0.15) is 24.6 Å². The van der Waals surface area contributed by atoms with E-state index >= 15 is 0 Å². The van der Waals surface area contributed by atoms with Crippen molar-refractivity contribution in [3.8, 4) is 11.5 Å². The predicted octanol–water partition coefficient (Wildman–Crippen LogP) is 5.09. The topological polar surface area (TPSA) is 130 Å². The minimum atomic E-state index is -0.419. The number of carbonyl (C=O) groups excluding carboxylic acids is 1. The van der Waals surface area contributed by atoms with Crippen LogP contribution in [0.1, 0.15) is 0 Å². The van der Waals surface area contributed by atoms with Crippen molar-refractivity contribution < 1.29 is 23.7 Å². The number of hydrogen-bond donors (Lipinski definition) is 2. The third-order valence-corrected chi connectivity index (χ3v) is 7.05. The highest BCUT2D eigenvalue weighted by atomic mass is 79.9. The van der Waals surface area contributed by atoms with Crippen molar-refractivity contribution >= 4 is 66.8 Å². The number of carbonyl (C=O) groups is 1. The normalized spacial score (nSPS) is 10.9. The van der Waals surface area contributed by atoms with E-state index < -0.39 is 6.03 Å². The van der Waals surface area contributed by atoms with E-state index in [4.69, 9.17) is 18.9 Å². The predicted molar refractivity (Wildman–Crippen MR) is 145 cm³/mol. The summed E-state index contributed by atoms with van der Waals surface area (Å²) >= 11 is 5.92. The molecular weight excluding hydrogens is 584 g/mol. The van der Waals surface area contributed by atoms with E-state index in [1.165, 1.54) is 29.4 Å². The van der Waals surface area contributed by atoms with E-state index in [0.717, 1.165) is 9.86 Å². The zero-order valence-electron chi connectivity index (χ0n) is 19.9. The maximum atomic E-state index is 12.3. The molecule has 2 aromatic carbocycles. The highest BCUT2D eigenvalue weighted by molar-refractivity contribution is 9.10. The molecule has 0 aliphatic rings. The average molecular weight is 608 g/mol. The lowest BCUT2D eigenvalue weighted by Gasteiger charge is -2.14. The van der Waals surface area contributed by atoms with E-state index in [2.05, 4.69) is 46.7 Å². The number of anilines is 2. The smallest absolute Gasteiger partial charge is 0.325 e. The van der Waals surface area contributed by atoms with Crippen LogP contribution in [0.25, 0.3) is 10.9 Å². The summed E-state index contributed by atoms with van der Waals surface area (Å²) in [4.78, 5) is 21.1. The van der Waals surface area contributed by atoms with E-state index in [1.807, 2.05) is 18.2 Å². The fraction of sp³-hybridized carbons (Fsp3) is 0.261. The number of ether oxygens (including phenoxy) is 4. The number of amides is 2. The largest absolute Gasteiger partial charge is 0.487 e. The van der Waals surface area contributed by atoms with E-state index in [9.17, 15) is 4.79 Å².